The van der Waals surface area contributed by atoms with Crippen molar-refractivity contribution in [3.63, 3.8) is 0 Å². The Kier molecular flexibility index (Phi) is 7.42. The van der Waals surface area contributed by atoms with Crippen LogP contribution in [0.2, 0.25) is 5.02 Å². The van der Waals surface area contributed by atoms with Gasteiger partial charge in [-0.3, -0.25) is 4.90 Å². The Bertz CT molecular complexity index is 970. The zero-order valence-corrected chi connectivity index (χ0v) is 19.5. The molecule has 0 unspecified atom stereocenters. The topological polar surface area (TPSA) is 32.8 Å². The van der Waals surface area contributed by atoms with Crippen LogP contribution in [0.25, 0.3) is 0 Å². The van der Waals surface area contributed by atoms with Crippen LogP contribution in [-0.2, 0) is 11.3 Å². The van der Waals surface area contributed by atoms with E-state index in [0.717, 1.165) is 34.0 Å². The summed E-state index contributed by atoms with van der Waals surface area (Å²) in [6, 6.07) is 10.3. The monoisotopic (exact) mass is 444 g/mol. The predicted molar refractivity (Wildman–Crippen MR) is 123 cm³/mol. The molecule has 1 aliphatic rings. The fraction of sp³-hybridized carbons (Fsp3) is 0.440. The molecule has 2 aromatic carbocycles. The van der Waals surface area contributed by atoms with Crippen LogP contribution in [0.5, 0.6) is 5.75 Å². The molecule has 0 radical (unpaired) electrons. The summed E-state index contributed by atoms with van der Waals surface area (Å²) in [5.74, 6) is 2.98. The smallest absolute Gasteiger partial charge is 0.147 e. The Morgan fingerprint density at radius 1 is 1.23 bits per heavy atom. The predicted octanol–water partition coefficient (Wildman–Crippen LogP) is 5.56. The molecule has 1 aliphatic heterocycles. The molecule has 2 aromatic rings. The van der Waals surface area contributed by atoms with E-state index in [0.29, 0.717) is 19.0 Å². The molecule has 1 fully saturated rings. The maximum atomic E-state index is 13.2. The number of aryl methyl sites for hydroxylation is 1. The molecule has 0 aromatic heterocycles. The molecule has 0 N–H and O–H groups in total. The molecule has 166 valence electrons. The van der Waals surface area contributed by atoms with Crippen molar-refractivity contribution in [3.05, 3.63) is 69.6 Å². The fourth-order valence-electron chi connectivity index (χ4n) is 3.98. The first-order valence-corrected chi connectivity index (χ1v) is 11.0. The van der Waals surface area contributed by atoms with Crippen LogP contribution in [0.15, 0.2) is 42.1 Å². The maximum absolute atomic E-state index is 13.2. The summed E-state index contributed by atoms with van der Waals surface area (Å²) in [4.78, 5) is 16.1. The standard InChI is InChI=1S/C25H30ClFN2O2/c1-16(2)22-11-23(26)17(3)10-25(22)31-15-28-12-18(4)29(24(14-30)19(28)5)13-20-6-8-21(27)9-7-20/h6-11,16,18-19H,12-13,15H2,1-5H3/t18-,19+/m1/s1. The number of halogens is 2. The minimum absolute atomic E-state index is 0.0813. The van der Waals surface area contributed by atoms with E-state index in [9.17, 15) is 9.18 Å². The van der Waals surface area contributed by atoms with Crippen molar-refractivity contribution in [2.75, 3.05) is 13.3 Å². The summed E-state index contributed by atoms with van der Waals surface area (Å²) in [5, 5.41) is 0.735. The van der Waals surface area contributed by atoms with Gasteiger partial charge in [0, 0.05) is 24.2 Å². The van der Waals surface area contributed by atoms with Crippen molar-refractivity contribution < 1.29 is 13.9 Å². The Labute approximate surface area is 189 Å². The van der Waals surface area contributed by atoms with Crippen molar-refractivity contribution in [3.8, 4) is 5.75 Å². The molecule has 0 spiro atoms. The maximum Gasteiger partial charge on any atom is 0.147 e. The number of benzene rings is 2. The summed E-state index contributed by atoms with van der Waals surface area (Å²) in [5.41, 5.74) is 3.58. The molecule has 0 amide bonds. The Morgan fingerprint density at radius 2 is 1.90 bits per heavy atom. The van der Waals surface area contributed by atoms with Crippen LogP contribution < -0.4 is 4.74 Å². The molecule has 0 bridgehead atoms. The van der Waals surface area contributed by atoms with Crippen LogP contribution in [0.3, 0.4) is 0 Å². The lowest BCUT2D eigenvalue weighted by molar-refractivity contribution is 0.0281. The number of hydrogen-bond acceptors (Lipinski definition) is 4. The van der Waals surface area contributed by atoms with Gasteiger partial charge >= 0.3 is 0 Å². The van der Waals surface area contributed by atoms with E-state index in [1.807, 2.05) is 30.9 Å². The lowest BCUT2D eigenvalue weighted by atomic mass is 10.0. The lowest BCUT2D eigenvalue weighted by Gasteiger charge is -2.45. The van der Waals surface area contributed by atoms with Gasteiger partial charge in [-0.05, 0) is 67.6 Å². The first-order chi connectivity index (χ1) is 14.7. The zero-order valence-electron chi connectivity index (χ0n) is 18.8. The summed E-state index contributed by atoms with van der Waals surface area (Å²) in [7, 11) is 0. The van der Waals surface area contributed by atoms with Crippen molar-refractivity contribution in [2.24, 2.45) is 0 Å². The first kappa shape index (κ1) is 23.3. The van der Waals surface area contributed by atoms with Gasteiger partial charge in [0.15, 0.2) is 0 Å². The van der Waals surface area contributed by atoms with Crippen LogP contribution in [0.1, 0.15) is 50.3 Å². The van der Waals surface area contributed by atoms with E-state index in [4.69, 9.17) is 16.3 Å². The van der Waals surface area contributed by atoms with E-state index >= 15 is 0 Å². The third-order valence-electron chi connectivity index (χ3n) is 5.95. The van der Waals surface area contributed by atoms with Crippen molar-refractivity contribution in [2.45, 2.75) is 59.2 Å². The molecule has 4 nitrogen and oxygen atoms in total. The molecule has 31 heavy (non-hydrogen) atoms. The van der Waals surface area contributed by atoms with E-state index < -0.39 is 0 Å². The van der Waals surface area contributed by atoms with Crippen LogP contribution in [0.4, 0.5) is 4.39 Å². The normalized spacial score (nSPS) is 19.6. The second-order valence-corrected chi connectivity index (χ2v) is 9.01. The van der Waals surface area contributed by atoms with Gasteiger partial charge in [-0.25, -0.2) is 9.18 Å². The Hall–Kier alpha value is -2.33. The molecule has 1 heterocycles. The van der Waals surface area contributed by atoms with Crippen molar-refractivity contribution in [1.82, 2.24) is 9.80 Å². The highest BCUT2D eigenvalue weighted by molar-refractivity contribution is 6.31. The van der Waals surface area contributed by atoms with Crippen LogP contribution in [-0.4, -0.2) is 41.1 Å². The number of piperazine rings is 1. The zero-order chi connectivity index (χ0) is 22.7. The molecule has 3 rings (SSSR count). The van der Waals surface area contributed by atoms with Crippen molar-refractivity contribution >= 4 is 17.5 Å². The summed E-state index contributed by atoms with van der Waals surface area (Å²) in [6.45, 7) is 11.9. The highest BCUT2D eigenvalue weighted by Crippen LogP contribution is 2.33. The Morgan fingerprint density at radius 3 is 2.52 bits per heavy atom. The highest BCUT2D eigenvalue weighted by Gasteiger charge is 2.34. The Balaban J connectivity index is 1.75. The highest BCUT2D eigenvalue weighted by atomic mass is 35.5. The van der Waals surface area contributed by atoms with Crippen LogP contribution >= 0.6 is 11.6 Å². The third-order valence-corrected chi connectivity index (χ3v) is 6.36. The van der Waals surface area contributed by atoms with Gasteiger partial charge < -0.3 is 9.64 Å². The van der Waals surface area contributed by atoms with E-state index in [1.54, 1.807) is 12.1 Å². The largest absolute Gasteiger partial charge is 0.478 e. The summed E-state index contributed by atoms with van der Waals surface area (Å²) in [6.07, 6.45) is 0. The van der Waals surface area contributed by atoms with Gasteiger partial charge in [0.05, 0.1) is 6.04 Å². The second-order valence-electron chi connectivity index (χ2n) is 8.61. The number of nitrogens with zero attached hydrogens (tertiary/aromatic N) is 2. The minimum Gasteiger partial charge on any atom is -0.478 e. The van der Waals surface area contributed by atoms with Gasteiger partial charge in [-0.15, -0.1) is 0 Å². The van der Waals surface area contributed by atoms with E-state index in [-0.39, 0.29) is 23.8 Å². The van der Waals surface area contributed by atoms with Gasteiger partial charge in [0.2, 0.25) is 0 Å². The average Bonchev–Trinajstić information content (AvgIpc) is 2.73. The van der Waals surface area contributed by atoms with Gasteiger partial charge in [-0.2, -0.15) is 0 Å². The summed E-state index contributed by atoms with van der Waals surface area (Å²) < 4.78 is 19.5. The van der Waals surface area contributed by atoms with Crippen molar-refractivity contribution in [1.29, 1.82) is 0 Å². The third kappa shape index (κ3) is 5.30. The van der Waals surface area contributed by atoms with E-state index in [1.165, 1.54) is 12.1 Å². The molecule has 1 saturated heterocycles. The van der Waals surface area contributed by atoms with Gasteiger partial charge in [-0.1, -0.05) is 37.6 Å². The molecular weight excluding hydrogens is 415 g/mol. The van der Waals surface area contributed by atoms with Gasteiger partial charge in [0.1, 0.15) is 29.9 Å². The molecule has 6 heteroatoms. The lowest BCUT2D eigenvalue weighted by Crippen LogP contribution is -2.55. The van der Waals surface area contributed by atoms with E-state index in [2.05, 4.69) is 31.6 Å². The number of rotatable bonds is 6. The fourth-order valence-corrected chi connectivity index (χ4v) is 4.15. The summed E-state index contributed by atoms with van der Waals surface area (Å²) >= 11 is 6.31. The number of hydrogen-bond donors (Lipinski definition) is 0. The number of carbonyl (C=O) groups excluding carboxylic acids is 1. The quantitative estimate of drug-likeness (QED) is 0.546. The van der Waals surface area contributed by atoms with Gasteiger partial charge in [0.25, 0.3) is 0 Å². The molecule has 0 aliphatic carbocycles. The molecular formula is C25H30ClFN2O2. The first-order valence-electron chi connectivity index (χ1n) is 10.6. The minimum atomic E-state index is -0.267. The SMILES string of the molecule is Cc1cc(OCN2C[C@@H](C)N(Cc3ccc(F)cc3)C(=C=O)[C@@H]2C)c(C(C)C)cc1Cl. The molecule has 2 atom stereocenters. The molecule has 0 saturated carbocycles. The second kappa shape index (κ2) is 9.86. The average molecular weight is 445 g/mol. The van der Waals surface area contributed by atoms with Crippen LogP contribution in [0, 0.1) is 12.7 Å². The number of ether oxygens (including phenoxy) is 1.